The van der Waals surface area contributed by atoms with E-state index < -0.39 is 5.97 Å². The molecule has 2 rings (SSSR count). The van der Waals surface area contributed by atoms with Gasteiger partial charge in [0.25, 0.3) is 0 Å². The van der Waals surface area contributed by atoms with E-state index in [1.807, 2.05) is 6.07 Å². The Bertz CT molecular complexity index is 624. The van der Waals surface area contributed by atoms with Crippen molar-refractivity contribution in [2.75, 3.05) is 24.7 Å². The van der Waals surface area contributed by atoms with Crippen molar-refractivity contribution in [2.24, 2.45) is 0 Å². The molecule has 112 valence electrons. The predicted molar refractivity (Wildman–Crippen MR) is 85.8 cm³/mol. The number of pyridine rings is 1. The highest BCUT2D eigenvalue weighted by Gasteiger charge is 2.22. The van der Waals surface area contributed by atoms with Crippen molar-refractivity contribution in [3.05, 3.63) is 40.2 Å². The Kier molecular flexibility index (Phi) is 4.47. The first-order chi connectivity index (χ1) is 9.95. The molecule has 0 saturated carbocycles. The van der Waals surface area contributed by atoms with E-state index >= 15 is 0 Å². The summed E-state index contributed by atoms with van der Waals surface area (Å²) >= 11 is 1.72. The fourth-order valence-electron chi connectivity index (χ4n) is 1.96. The molecular weight excluding hydrogens is 286 g/mol. The summed E-state index contributed by atoms with van der Waals surface area (Å²) in [5, 5.41) is 5.28. The third kappa shape index (κ3) is 3.33. The van der Waals surface area contributed by atoms with Crippen LogP contribution in [0.5, 0.6) is 0 Å². The summed E-state index contributed by atoms with van der Waals surface area (Å²) < 4.78 is 4.70. The topological polar surface area (TPSA) is 77.2 Å². The molecule has 0 aliphatic carbocycles. The molecule has 21 heavy (non-hydrogen) atoms. The number of nitrogens with one attached hydrogen (secondary N) is 1. The number of anilines is 2. The number of esters is 1. The summed E-state index contributed by atoms with van der Waals surface area (Å²) in [4.78, 5) is 17.1. The molecule has 0 aliphatic heterocycles. The highest BCUT2D eigenvalue weighted by molar-refractivity contribution is 7.10. The fraction of sp³-hybridized carbons (Fsp3) is 0.333. The van der Waals surface area contributed by atoms with Gasteiger partial charge in [-0.1, -0.05) is 19.9 Å². The van der Waals surface area contributed by atoms with Gasteiger partial charge in [0.1, 0.15) is 5.82 Å². The minimum atomic E-state index is -0.463. The van der Waals surface area contributed by atoms with Crippen molar-refractivity contribution in [2.45, 2.75) is 19.3 Å². The number of carbonyl (C=O) groups excluding carboxylic acids is 1. The number of aromatic nitrogens is 1. The summed E-state index contributed by atoms with van der Waals surface area (Å²) in [6, 6.07) is 5.69. The molecule has 0 bridgehead atoms. The van der Waals surface area contributed by atoms with Crippen LogP contribution in [0.25, 0.3) is 0 Å². The molecule has 0 spiro atoms. The number of hydrogen-bond donors (Lipinski definition) is 2. The van der Waals surface area contributed by atoms with Gasteiger partial charge in [0.05, 0.1) is 18.4 Å². The smallest absolute Gasteiger partial charge is 0.340 e. The molecule has 3 N–H and O–H groups in total. The van der Waals surface area contributed by atoms with E-state index in [2.05, 4.69) is 35.6 Å². The first-order valence-electron chi connectivity index (χ1n) is 6.56. The Morgan fingerprint density at radius 3 is 2.86 bits per heavy atom. The van der Waals surface area contributed by atoms with E-state index in [1.165, 1.54) is 12.0 Å². The Balaban J connectivity index is 2.16. The van der Waals surface area contributed by atoms with Crippen LogP contribution in [-0.4, -0.2) is 24.6 Å². The van der Waals surface area contributed by atoms with Crippen molar-refractivity contribution in [3.63, 3.8) is 0 Å². The molecule has 6 heteroatoms. The zero-order valence-electron chi connectivity index (χ0n) is 12.3. The maximum atomic E-state index is 11.6. The second-order valence-corrected chi connectivity index (χ2v) is 6.27. The lowest BCUT2D eigenvalue weighted by Crippen LogP contribution is -2.27. The summed E-state index contributed by atoms with van der Waals surface area (Å²) in [6.07, 6.45) is 1.54. The second-order valence-electron chi connectivity index (χ2n) is 5.33. The molecule has 0 amide bonds. The Morgan fingerprint density at radius 2 is 2.24 bits per heavy atom. The minimum absolute atomic E-state index is 0.0520. The number of thiophene rings is 1. The molecule has 0 fully saturated rings. The largest absolute Gasteiger partial charge is 0.465 e. The average Bonchev–Trinajstić information content (AvgIpc) is 3.00. The first-order valence-corrected chi connectivity index (χ1v) is 7.44. The van der Waals surface area contributed by atoms with Crippen molar-refractivity contribution in [3.8, 4) is 0 Å². The lowest BCUT2D eigenvalue weighted by atomic mass is 9.91. The third-order valence-electron chi connectivity index (χ3n) is 3.28. The SMILES string of the molecule is COC(=O)c1ccnc(NCC(C)(C)c2cccs2)c1N. The number of carbonyl (C=O) groups is 1. The molecule has 2 heterocycles. The monoisotopic (exact) mass is 305 g/mol. The van der Waals surface area contributed by atoms with E-state index in [4.69, 9.17) is 10.5 Å². The third-order valence-corrected chi connectivity index (χ3v) is 4.52. The van der Waals surface area contributed by atoms with Crippen LogP contribution in [0, 0.1) is 0 Å². The number of hydrogen-bond acceptors (Lipinski definition) is 6. The van der Waals surface area contributed by atoms with Crippen LogP contribution in [-0.2, 0) is 10.2 Å². The zero-order chi connectivity index (χ0) is 15.5. The van der Waals surface area contributed by atoms with Crippen LogP contribution in [0.1, 0.15) is 29.1 Å². The van der Waals surface area contributed by atoms with Gasteiger partial charge in [0.15, 0.2) is 0 Å². The van der Waals surface area contributed by atoms with Gasteiger partial charge in [0.2, 0.25) is 0 Å². The minimum Gasteiger partial charge on any atom is -0.465 e. The lowest BCUT2D eigenvalue weighted by molar-refractivity contribution is 0.0602. The normalized spacial score (nSPS) is 11.2. The van der Waals surface area contributed by atoms with Crippen LogP contribution in [0.2, 0.25) is 0 Å². The Hall–Kier alpha value is -2.08. The number of ether oxygens (including phenoxy) is 1. The lowest BCUT2D eigenvalue weighted by Gasteiger charge is -2.24. The quantitative estimate of drug-likeness (QED) is 0.831. The molecule has 0 atom stereocenters. The van der Waals surface area contributed by atoms with Crippen molar-refractivity contribution >= 4 is 28.8 Å². The number of rotatable bonds is 5. The van der Waals surface area contributed by atoms with E-state index in [1.54, 1.807) is 23.6 Å². The highest BCUT2D eigenvalue weighted by Crippen LogP contribution is 2.29. The van der Waals surface area contributed by atoms with Crippen LogP contribution in [0.3, 0.4) is 0 Å². The van der Waals surface area contributed by atoms with Gasteiger partial charge in [-0.25, -0.2) is 9.78 Å². The van der Waals surface area contributed by atoms with Gasteiger partial charge in [-0.2, -0.15) is 0 Å². The van der Waals surface area contributed by atoms with E-state index in [-0.39, 0.29) is 5.41 Å². The molecule has 0 aliphatic rings. The van der Waals surface area contributed by atoms with Crippen LogP contribution in [0.4, 0.5) is 11.5 Å². The van der Waals surface area contributed by atoms with Gasteiger partial charge in [0, 0.05) is 23.0 Å². The molecule has 0 saturated heterocycles. The molecular formula is C15H19N3O2S. The van der Waals surface area contributed by atoms with Gasteiger partial charge in [-0.15, -0.1) is 11.3 Å². The maximum Gasteiger partial charge on any atom is 0.340 e. The van der Waals surface area contributed by atoms with E-state index in [0.29, 0.717) is 23.6 Å². The molecule has 0 aromatic carbocycles. The zero-order valence-corrected chi connectivity index (χ0v) is 13.2. The van der Waals surface area contributed by atoms with Crippen molar-refractivity contribution < 1.29 is 9.53 Å². The van der Waals surface area contributed by atoms with Crippen LogP contribution in [0.15, 0.2) is 29.8 Å². The number of methoxy groups -OCH3 is 1. The summed E-state index contributed by atoms with van der Waals surface area (Å²) in [5.41, 5.74) is 6.57. The van der Waals surface area contributed by atoms with Crippen LogP contribution >= 0.6 is 11.3 Å². The highest BCUT2D eigenvalue weighted by atomic mass is 32.1. The Labute approximate surface area is 128 Å². The van der Waals surface area contributed by atoms with Gasteiger partial charge >= 0.3 is 5.97 Å². The number of nitrogen functional groups attached to an aromatic ring is 1. The maximum absolute atomic E-state index is 11.6. The molecule has 5 nitrogen and oxygen atoms in total. The summed E-state index contributed by atoms with van der Waals surface area (Å²) in [5.74, 6) is 0.0398. The fourth-order valence-corrected chi connectivity index (χ4v) is 2.81. The van der Waals surface area contributed by atoms with Crippen molar-refractivity contribution in [1.82, 2.24) is 4.98 Å². The second kappa shape index (κ2) is 6.13. The van der Waals surface area contributed by atoms with Gasteiger partial charge in [-0.3, -0.25) is 0 Å². The van der Waals surface area contributed by atoms with Crippen LogP contribution < -0.4 is 11.1 Å². The van der Waals surface area contributed by atoms with E-state index in [9.17, 15) is 4.79 Å². The molecule has 0 unspecified atom stereocenters. The van der Waals surface area contributed by atoms with Gasteiger partial charge < -0.3 is 15.8 Å². The number of nitrogens with zero attached hydrogens (tertiary/aromatic N) is 1. The number of nitrogens with two attached hydrogens (primary N) is 1. The summed E-state index contributed by atoms with van der Waals surface area (Å²) in [7, 11) is 1.33. The summed E-state index contributed by atoms with van der Waals surface area (Å²) in [6.45, 7) is 4.95. The van der Waals surface area contributed by atoms with Crippen molar-refractivity contribution in [1.29, 1.82) is 0 Å². The average molecular weight is 305 g/mol. The standard InChI is InChI=1S/C15H19N3O2S/c1-15(2,11-5-4-8-21-11)9-18-13-12(16)10(6-7-17-13)14(19)20-3/h4-8H,9,16H2,1-3H3,(H,17,18). The Morgan fingerprint density at radius 1 is 1.48 bits per heavy atom. The molecule has 2 aromatic rings. The van der Waals surface area contributed by atoms with E-state index in [0.717, 1.165) is 0 Å². The molecule has 0 radical (unpaired) electrons. The predicted octanol–water partition coefficient (Wildman–Crippen LogP) is 2.90. The molecule has 2 aromatic heterocycles. The first kappa shape index (κ1) is 15.3. The van der Waals surface area contributed by atoms with Gasteiger partial charge in [-0.05, 0) is 17.5 Å².